The monoisotopic (exact) mass is 412 g/mol. The number of nitrogens with zero attached hydrogens (tertiary/aromatic N) is 1. The van der Waals surface area contributed by atoms with Crippen LogP contribution in [0.25, 0.3) is 0 Å². The Morgan fingerprint density at radius 3 is 2.41 bits per heavy atom. The molecular weight excluding hydrogens is 392 g/mol. The standard InChI is InChI=1S/C14H21BrN2O3S.ClH/c1-10(16)11-3-5-17(6-4-11)21(18,19)14-8-12(15)7-13(9-14)20-2;/h7-11H,3-6,16H2,1-2H3;1H. The van der Waals surface area contributed by atoms with Crippen LogP contribution < -0.4 is 10.5 Å². The zero-order valence-electron chi connectivity index (χ0n) is 12.7. The van der Waals surface area contributed by atoms with Crippen molar-refractivity contribution in [1.82, 2.24) is 4.31 Å². The fraction of sp³-hybridized carbons (Fsp3) is 0.571. The maximum atomic E-state index is 12.7. The molecule has 0 aliphatic carbocycles. The lowest BCUT2D eigenvalue weighted by molar-refractivity contribution is 0.250. The van der Waals surface area contributed by atoms with Gasteiger partial charge in [0, 0.05) is 29.7 Å². The van der Waals surface area contributed by atoms with Crippen LogP contribution >= 0.6 is 28.3 Å². The molecular formula is C14H22BrClN2O3S. The van der Waals surface area contributed by atoms with Crippen LogP contribution in [0.2, 0.25) is 0 Å². The third-order valence-corrected chi connectivity index (χ3v) is 6.29. The maximum absolute atomic E-state index is 12.7. The van der Waals surface area contributed by atoms with Crippen LogP contribution in [-0.2, 0) is 10.0 Å². The molecule has 0 amide bonds. The van der Waals surface area contributed by atoms with Crippen molar-refractivity contribution < 1.29 is 13.2 Å². The fourth-order valence-corrected chi connectivity index (χ4v) is 4.75. The summed E-state index contributed by atoms with van der Waals surface area (Å²) in [6.45, 7) is 3.01. The van der Waals surface area contributed by atoms with Gasteiger partial charge in [-0.05, 0) is 37.8 Å². The van der Waals surface area contributed by atoms with Gasteiger partial charge in [-0.3, -0.25) is 0 Å². The van der Waals surface area contributed by atoms with E-state index >= 15 is 0 Å². The van der Waals surface area contributed by atoms with Crippen LogP contribution in [0, 0.1) is 5.92 Å². The van der Waals surface area contributed by atoms with E-state index < -0.39 is 10.0 Å². The Balaban J connectivity index is 0.00000242. The number of piperidine rings is 1. The summed E-state index contributed by atoms with van der Waals surface area (Å²) in [7, 11) is -1.96. The normalized spacial score (nSPS) is 18.5. The fourth-order valence-electron chi connectivity index (χ4n) is 2.59. The molecule has 1 fully saturated rings. The molecule has 1 aliphatic heterocycles. The highest BCUT2D eigenvalue weighted by Crippen LogP contribution is 2.29. The van der Waals surface area contributed by atoms with Crippen LogP contribution in [0.5, 0.6) is 5.75 Å². The van der Waals surface area contributed by atoms with Crippen molar-refractivity contribution in [3.63, 3.8) is 0 Å². The summed E-state index contributed by atoms with van der Waals surface area (Å²) < 4.78 is 32.8. The minimum absolute atomic E-state index is 0. The van der Waals surface area contributed by atoms with E-state index in [4.69, 9.17) is 10.5 Å². The van der Waals surface area contributed by atoms with E-state index in [1.165, 1.54) is 11.4 Å². The number of rotatable bonds is 4. The lowest BCUT2D eigenvalue weighted by atomic mass is 9.92. The molecule has 1 heterocycles. The van der Waals surface area contributed by atoms with Crippen molar-refractivity contribution in [2.45, 2.75) is 30.7 Å². The molecule has 2 N–H and O–H groups in total. The quantitative estimate of drug-likeness (QED) is 0.823. The van der Waals surface area contributed by atoms with Gasteiger partial charge in [0.1, 0.15) is 5.75 Å². The van der Waals surface area contributed by atoms with Gasteiger partial charge in [0.05, 0.1) is 12.0 Å². The molecule has 0 aromatic heterocycles. The molecule has 0 saturated carbocycles. The third kappa shape index (κ3) is 4.35. The van der Waals surface area contributed by atoms with Gasteiger partial charge in [-0.1, -0.05) is 15.9 Å². The van der Waals surface area contributed by atoms with Crippen LogP contribution in [-0.4, -0.2) is 39.0 Å². The van der Waals surface area contributed by atoms with Crippen molar-refractivity contribution in [2.24, 2.45) is 11.7 Å². The lowest BCUT2D eigenvalue weighted by Crippen LogP contribution is -2.42. The van der Waals surface area contributed by atoms with Gasteiger partial charge in [0.2, 0.25) is 10.0 Å². The second-order valence-electron chi connectivity index (χ2n) is 5.43. The highest BCUT2D eigenvalue weighted by molar-refractivity contribution is 9.10. The first-order valence-corrected chi connectivity index (χ1v) is 9.18. The molecule has 1 aromatic carbocycles. The summed E-state index contributed by atoms with van der Waals surface area (Å²) in [6, 6.07) is 5.01. The summed E-state index contributed by atoms with van der Waals surface area (Å²) in [6.07, 6.45) is 1.62. The van der Waals surface area contributed by atoms with Crippen molar-refractivity contribution in [1.29, 1.82) is 0 Å². The van der Waals surface area contributed by atoms with E-state index in [-0.39, 0.29) is 23.3 Å². The highest BCUT2D eigenvalue weighted by Gasteiger charge is 2.30. The Morgan fingerprint density at radius 2 is 1.91 bits per heavy atom. The second-order valence-corrected chi connectivity index (χ2v) is 8.28. The zero-order valence-corrected chi connectivity index (χ0v) is 15.9. The first kappa shape index (κ1) is 19.7. The Morgan fingerprint density at radius 1 is 1.32 bits per heavy atom. The molecule has 1 aliphatic rings. The number of hydrogen-bond acceptors (Lipinski definition) is 4. The third-order valence-electron chi connectivity index (χ3n) is 3.96. The predicted molar refractivity (Wildman–Crippen MR) is 93.1 cm³/mol. The molecule has 126 valence electrons. The summed E-state index contributed by atoms with van der Waals surface area (Å²) in [5.41, 5.74) is 5.90. The summed E-state index contributed by atoms with van der Waals surface area (Å²) >= 11 is 3.32. The SMILES string of the molecule is COc1cc(Br)cc(S(=O)(=O)N2CCC(C(C)N)CC2)c1.Cl. The number of halogens is 2. The van der Waals surface area contributed by atoms with Crippen molar-refractivity contribution in [3.8, 4) is 5.75 Å². The van der Waals surface area contributed by atoms with Gasteiger partial charge < -0.3 is 10.5 Å². The first-order chi connectivity index (χ1) is 9.84. The molecule has 0 bridgehead atoms. The van der Waals surface area contributed by atoms with E-state index in [1.807, 2.05) is 6.92 Å². The summed E-state index contributed by atoms with van der Waals surface area (Å²) in [5.74, 6) is 0.918. The van der Waals surface area contributed by atoms with Crippen LogP contribution in [0.4, 0.5) is 0 Å². The molecule has 1 atom stereocenters. The van der Waals surface area contributed by atoms with E-state index in [2.05, 4.69) is 15.9 Å². The minimum Gasteiger partial charge on any atom is -0.497 e. The molecule has 22 heavy (non-hydrogen) atoms. The molecule has 1 saturated heterocycles. The summed E-state index contributed by atoms with van der Waals surface area (Å²) in [4.78, 5) is 0.257. The van der Waals surface area contributed by atoms with E-state index in [9.17, 15) is 8.42 Å². The van der Waals surface area contributed by atoms with Gasteiger partial charge in [0.15, 0.2) is 0 Å². The zero-order chi connectivity index (χ0) is 15.6. The number of hydrogen-bond donors (Lipinski definition) is 1. The van der Waals surface area contributed by atoms with Gasteiger partial charge in [-0.15, -0.1) is 12.4 Å². The Kier molecular flexibility index (Phi) is 7.14. The smallest absolute Gasteiger partial charge is 0.243 e. The maximum Gasteiger partial charge on any atom is 0.243 e. The van der Waals surface area contributed by atoms with Gasteiger partial charge in [-0.25, -0.2) is 8.42 Å². The topological polar surface area (TPSA) is 72.6 Å². The van der Waals surface area contributed by atoms with Crippen LogP contribution in [0.15, 0.2) is 27.6 Å². The summed E-state index contributed by atoms with van der Waals surface area (Å²) in [5, 5.41) is 0. The molecule has 1 aromatic rings. The highest BCUT2D eigenvalue weighted by atomic mass is 79.9. The Labute approximate surface area is 146 Å². The number of methoxy groups -OCH3 is 1. The molecule has 0 spiro atoms. The second kappa shape index (κ2) is 7.97. The van der Waals surface area contributed by atoms with E-state index in [0.717, 1.165) is 12.8 Å². The molecule has 5 nitrogen and oxygen atoms in total. The van der Waals surface area contributed by atoms with Gasteiger partial charge in [-0.2, -0.15) is 4.31 Å². The largest absolute Gasteiger partial charge is 0.497 e. The Bertz CT molecular complexity index is 602. The van der Waals surface area contributed by atoms with Crippen molar-refractivity contribution >= 4 is 38.4 Å². The average molecular weight is 414 g/mol. The number of sulfonamides is 1. The minimum atomic E-state index is -3.48. The molecule has 0 radical (unpaired) electrons. The number of benzene rings is 1. The first-order valence-electron chi connectivity index (χ1n) is 6.95. The average Bonchev–Trinajstić information content (AvgIpc) is 2.46. The van der Waals surface area contributed by atoms with E-state index in [0.29, 0.717) is 29.2 Å². The van der Waals surface area contributed by atoms with Crippen LogP contribution in [0.1, 0.15) is 19.8 Å². The van der Waals surface area contributed by atoms with Gasteiger partial charge in [0.25, 0.3) is 0 Å². The van der Waals surface area contributed by atoms with Crippen molar-refractivity contribution in [3.05, 3.63) is 22.7 Å². The molecule has 2 rings (SSSR count). The van der Waals surface area contributed by atoms with Crippen LogP contribution in [0.3, 0.4) is 0 Å². The van der Waals surface area contributed by atoms with Crippen molar-refractivity contribution in [2.75, 3.05) is 20.2 Å². The number of ether oxygens (including phenoxy) is 1. The molecule has 8 heteroatoms. The predicted octanol–water partition coefficient (Wildman–Crippen LogP) is 2.63. The van der Waals surface area contributed by atoms with Gasteiger partial charge >= 0.3 is 0 Å². The number of nitrogens with two attached hydrogens (primary N) is 1. The molecule has 1 unspecified atom stereocenters. The van der Waals surface area contributed by atoms with E-state index in [1.54, 1.807) is 18.2 Å². The lowest BCUT2D eigenvalue weighted by Gasteiger charge is -2.33. The Hall–Kier alpha value is -0.340.